The number of fused-ring (bicyclic) bond motifs is 1. The lowest BCUT2D eigenvalue weighted by molar-refractivity contribution is 0.0995. The first-order valence-electron chi connectivity index (χ1n) is 11.3. The number of carbonyl (C=O) groups is 1. The predicted molar refractivity (Wildman–Crippen MR) is 137 cm³/mol. The number of hydrogen-bond acceptors (Lipinski definition) is 8. The highest BCUT2D eigenvalue weighted by Crippen LogP contribution is 2.35. The van der Waals surface area contributed by atoms with E-state index in [-0.39, 0.29) is 48.4 Å². The summed E-state index contributed by atoms with van der Waals surface area (Å²) in [5.74, 6) is -0.0873. The summed E-state index contributed by atoms with van der Waals surface area (Å²) in [7, 11) is 0. The molecule has 6 N–H and O–H groups in total. The number of hydrogen-bond donors (Lipinski definition) is 4. The van der Waals surface area contributed by atoms with E-state index in [1.807, 2.05) is 25.3 Å². The number of anilines is 3. The number of aryl methyl sites for hydroxylation is 1. The van der Waals surface area contributed by atoms with Gasteiger partial charge in [-0.25, -0.2) is 0 Å². The fraction of sp³-hybridized carbons (Fsp3) is 0.500. The third kappa shape index (κ3) is 5.03. The molecule has 1 aromatic carbocycles. The van der Waals surface area contributed by atoms with Gasteiger partial charge < -0.3 is 22.1 Å². The number of nitrogens with one attached hydrogen (secondary N) is 2. The molecule has 10 nitrogen and oxygen atoms in total. The van der Waals surface area contributed by atoms with E-state index in [9.17, 15) is 4.79 Å². The predicted octanol–water partition coefficient (Wildman–Crippen LogP) is 3.62. The minimum atomic E-state index is -0.689. The number of aromatic nitrogens is 5. The van der Waals surface area contributed by atoms with E-state index >= 15 is 0 Å². The van der Waals surface area contributed by atoms with Crippen LogP contribution in [0.4, 0.5) is 17.5 Å². The van der Waals surface area contributed by atoms with Gasteiger partial charge in [-0.3, -0.25) is 9.48 Å². The zero-order valence-electron chi connectivity index (χ0n) is 19.0. The summed E-state index contributed by atoms with van der Waals surface area (Å²) in [6.07, 6.45) is 9.60. The number of rotatable bonds is 6. The molecule has 184 valence electrons. The molecule has 5 rings (SSSR count). The van der Waals surface area contributed by atoms with E-state index in [0.717, 1.165) is 60.7 Å². The first-order valence-corrected chi connectivity index (χ1v) is 11.3. The van der Waals surface area contributed by atoms with Crippen LogP contribution < -0.4 is 22.1 Å². The maximum absolute atomic E-state index is 12.0. The van der Waals surface area contributed by atoms with Gasteiger partial charge in [-0.2, -0.15) is 10.1 Å². The molecule has 2 fully saturated rings. The highest BCUT2D eigenvalue weighted by atomic mass is 35.5. The van der Waals surface area contributed by atoms with Crippen LogP contribution in [-0.4, -0.2) is 43.0 Å². The highest BCUT2D eigenvalue weighted by molar-refractivity contribution is 5.96. The highest BCUT2D eigenvalue weighted by Gasteiger charge is 2.25. The Bertz CT molecular complexity index is 1160. The summed E-state index contributed by atoms with van der Waals surface area (Å²) < 4.78 is 2.10. The van der Waals surface area contributed by atoms with Gasteiger partial charge in [0.05, 0.1) is 17.8 Å². The van der Waals surface area contributed by atoms with Crippen LogP contribution in [0.5, 0.6) is 0 Å². The summed E-state index contributed by atoms with van der Waals surface area (Å²) in [6.45, 7) is 2.05. The Morgan fingerprint density at radius 3 is 2.53 bits per heavy atom. The molecule has 0 aliphatic heterocycles. The Morgan fingerprint density at radius 2 is 1.85 bits per heavy atom. The molecule has 2 aliphatic rings. The second kappa shape index (κ2) is 10.7. The van der Waals surface area contributed by atoms with Crippen molar-refractivity contribution in [2.24, 2.45) is 11.5 Å². The van der Waals surface area contributed by atoms with Gasteiger partial charge in [0.25, 0.3) is 5.91 Å². The minimum Gasteiger partial charge on any atom is -0.364 e. The van der Waals surface area contributed by atoms with E-state index in [4.69, 9.17) is 11.5 Å². The average Bonchev–Trinajstić information content (AvgIpc) is 3.12. The molecule has 0 unspecified atom stereocenters. The first-order chi connectivity index (χ1) is 15.5. The summed E-state index contributed by atoms with van der Waals surface area (Å²) in [4.78, 5) is 16.5. The summed E-state index contributed by atoms with van der Waals surface area (Å²) >= 11 is 0. The number of primary amides is 1. The van der Waals surface area contributed by atoms with Crippen molar-refractivity contribution in [2.75, 3.05) is 10.6 Å². The van der Waals surface area contributed by atoms with Gasteiger partial charge in [0.15, 0.2) is 11.5 Å². The van der Waals surface area contributed by atoms with Crippen LogP contribution in [0.25, 0.3) is 10.9 Å². The molecule has 1 amide bonds. The van der Waals surface area contributed by atoms with Gasteiger partial charge in [0.1, 0.15) is 0 Å². The molecule has 12 heteroatoms. The van der Waals surface area contributed by atoms with Gasteiger partial charge in [-0.05, 0) is 56.7 Å². The molecule has 0 saturated heterocycles. The minimum absolute atomic E-state index is 0. The molecule has 2 aliphatic carbocycles. The van der Waals surface area contributed by atoms with Crippen molar-refractivity contribution in [3.63, 3.8) is 0 Å². The SMILES string of the molecule is Cc1cc(Nc2nc(N[C@@H]3CCCC[C@@H]3N)nnc2C(N)=O)cc2c1cnn2C1CCC1.Cl.Cl. The first kappa shape index (κ1) is 25.9. The molecule has 2 atom stereocenters. The number of amides is 1. The maximum atomic E-state index is 12.0. The largest absolute Gasteiger partial charge is 0.364 e. The zero-order valence-corrected chi connectivity index (χ0v) is 20.7. The lowest BCUT2D eigenvalue weighted by Crippen LogP contribution is -2.43. The van der Waals surface area contributed by atoms with Crippen molar-refractivity contribution in [1.82, 2.24) is 25.0 Å². The Labute approximate surface area is 210 Å². The topological polar surface area (TPSA) is 150 Å². The molecule has 0 spiro atoms. The van der Waals surface area contributed by atoms with E-state index < -0.39 is 5.91 Å². The molecular formula is C22H31Cl2N9O. The van der Waals surface area contributed by atoms with Gasteiger partial charge in [0.2, 0.25) is 5.95 Å². The molecular weight excluding hydrogens is 477 g/mol. The van der Waals surface area contributed by atoms with Gasteiger partial charge >= 0.3 is 0 Å². The Morgan fingerprint density at radius 1 is 1.09 bits per heavy atom. The second-order valence-corrected chi connectivity index (χ2v) is 8.92. The molecule has 0 bridgehead atoms. The summed E-state index contributed by atoms with van der Waals surface area (Å²) in [5, 5.41) is 20.4. The van der Waals surface area contributed by atoms with Crippen LogP contribution in [-0.2, 0) is 0 Å². The average molecular weight is 508 g/mol. The maximum Gasteiger partial charge on any atom is 0.273 e. The number of nitrogens with two attached hydrogens (primary N) is 2. The van der Waals surface area contributed by atoms with Crippen molar-refractivity contribution in [2.45, 2.75) is 70.0 Å². The molecule has 34 heavy (non-hydrogen) atoms. The number of carbonyl (C=O) groups excluding carboxylic acids is 1. The van der Waals surface area contributed by atoms with E-state index in [2.05, 4.69) is 35.6 Å². The number of halogens is 2. The van der Waals surface area contributed by atoms with E-state index in [1.165, 1.54) is 6.42 Å². The Kier molecular flexibility index (Phi) is 8.17. The Balaban J connectivity index is 0.00000162. The molecule has 3 aromatic rings. The fourth-order valence-electron chi connectivity index (χ4n) is 4.60. The molecule has 2 aromatic heterocycles. The van der Waals surface area contributed by atoms with Crippen LogP contribution in [0.15, 0.2) is 18.3 Å². The number of nitrogens with zero attached hydrogens (tertiary/aromatic N) is 5. The van der Waals surface area contributed by atoms with Crippen molar-refractivity contribution < 1.29 is 4.79 Å². The monoisotopic (exact) mass is 507 g/mol. The zero-order chi connectivity index (χ0) is 22.2. The third-order valence-electron chi connectivity index (χ3n) is 6.66. The van der Waals surface area contributed by atoms with Crippen molar-refractivity contribution in [1.29, 1.82) is 0 Å². The van der Waals surface area contributed by atoms with Crippen molar-refractivity contribution >= 4 is 59.1 Å². The van der Waals surface area contributed by atoms with Crippen LogP contribution in [0, 0.1) is 6.92 Å². The van der Waals surface area contributed by atoms with E-state index in [0.29, 0.717) is 12.0 Å². The lowest BCUT2D eigenvalue weighted by atomic mass is 9.91. The fourth-order valence-corrected chi connectivity index (χ4v) is 4.60. The summed E-state index contributed by atoms with van der Waals surface area (Å²) in [6, 6.07) is 4.60. The normalized spacial score (nSPS) is 20.1. The smallest absolute Gasteiger partial charge is 0.273 e. The van der Waals surface area contributed by atoms with Crippen LogP contribution in [0.3, 0.4) is 0 Å². The van der Waals surface area contributed by atoms with Crippen LogP contribution in [0.1, 0.15) is 67.0 Å². The molecule has 2 saturated carbocycles. The lowest BCUT2D eigenvalue weighted by Gasteiger charge is -2.29. The van der Waals surface area contributed by atoms with Crippen LogP contribution in [0.2, 0.25) is 0 Å². The van der Waals surface area contributed by atoms with Crippen molar-refractivity contribution in [3.05, 3.63) is 29.6 Å². The Hall–Kier alpha value is -2.69. The summed E-state index contributed by atoms with van der Waals surface area (Å²) in [5.41, 5.74) is 14.7. The van der Waals surface area contributed by atoms with Gasteiger partial charge in [-0.15, -0.1) is 35.0 Å². The standard InChI is InChI=1S/C22H29N9O.2ClH/c1-12-9-13(10-18-15(12)11-25-31(18)14-5-4-6-14)26-21-19(20(24)32)29-30-22(28-21)27-17-8-3-2-7-16(17)23;;/h9-11,14,16-17H,2-8,23H2,1H3,(H2,24,32)(H2,26,27,28,30);2*1H/t16-,17+;;/m0../s1. The molecule has 0 radical (unpaired) electrons. The third-order valence-corrected chi connectivity index (χ3v) is 6.66. The number of benzene rings is 1. The van der Waals surface area contributed by atoms with Crippen LogP contribution >= 0.6 is 24.8 Å². The second-order valence-electron chi connectivity index (χ2n) is 8.92. The van der Waals surface area contributed by atoms with Crippen molar-refractivity contribution in [3.8, 4) is 0 Å². The van der Waals surface area contributed by atoms with Gasteiger partial charge in [-0.1, -0.05) is 12.8 Å². The van der Waals surface area contributed by atoms with E-state index in [1.54, 1.807) is 0 Å². The van der Waals surface area contributed by atoms with Gasteiger partial charge in [0, 0.05) is 23.2 Å². The molecule has 2 heterocycles. The quantitative estimate of drug-likeness (QED) is 0.394.